The van der Waals surface area contributed by atoms with Crippen molar-refractivity contribution in [3.63, 3.8) is 0 Å². The second-order valence-corrected chi connectivity index (χ2v) is 3.82. The van der Waals surface area contributed by atoms with Crippen molar-refractivity contribution in [2.24, 2.45) is 0 Å². The van der Waals surface area contributed by atoms with Crippen LogP contribution in [0.3, 0.4) is 0 Å². The van der Waals surface area contributed by atoms with Crippen molar-refractivity contribution in [1.82, 2.24) is 0 Å². The summed E-state index contributed by atoms with van der Waals surface area (Å²) in [7, 11) is 0. The molecule has 10 heavy (non-hydrogen) atoms. The highest BCUT2D eigenvalue weighted by atomic mass is 127. The van der Waals surface area contributed by atoms with Crippen molar-refractivity contribution >= 4 is 34.4 Å². The van der Waals surface area contributed by atoms with Crippen LogP contribution >= 0.6 is 34.4 Å². The number of thioether (sulfide) groups is 1. The molecule has 54 valence electrons. The van der Waals surface area contributed by atoms with Gasteiger partial charge in [0.25, 0.3) is 0 Å². The summed E-state index contributed by atoms with van der Waals surface area (Å²) in [6.07, 6.45) is 1.98. The molecule has 0 aliphatic heterocycles. The second kappa shape index (κ2) is 3.57. The third-order valence-electron chi connectivity index (χ3n) is 1.13. The van der Waals surface area contributed by atoms with Crippen molar-refractivity contribution < 1.29 is 4.39 Å². The number of hydrogen-bond donors (Lipinski definition) is 0. The maximum absolute atomic E-state index is 12.6. The maximum Gasteiger partial charge on any atom is 0.136 e. The Bertz CT molecular complexity index is 237. The van der Waals surface area contributed by atoms with Crippen molar-refractivity contribution in [1.29, 1.82) is 0 Å². The molecule has 3 heteroatoms. The molecule has 0 atom stereocenters. The van der Waals surface area contributed by atoms with Crippen LogP contribution in [0.1, 0.15) is 0 Å². The van der Waals surface area contributed by atoms with Crippen LogP contribution in [-0.4, -0.2) is 6.26 Å². The van der Waals surface area contributed by atoms with Gasteiger partial charge in [0.15, 0.2) is 0 Å². The highest BCUT2D eigenvalue weighted by molar-refractivity contribution is 14.1. The maximum atomic E-state index is 12.6. The summed E-state index contributed by atoms with van der Waals surface area (Å²) in [6.45, 7) is 0. The van der Waals surface area contributed by atoms with Crippen LogP contribution < -0.4 is 0 Å². The highest BCUT2D eigenvalue weighted by Crippen LogP contribution is 2.19. The monoisotopic (exact) mass is 268 g/mol. The van der Waals surface area contributed by atoms with Gasteiger partial charge in [0, 0.05) is 8.47 Å². The Hall–Kier alpha value is 0.230. The van der Waals surface area contributed by atoms with Crippen LogP contribution in [0.4, 0.5) is 4.39 Å². The normalized spacial score (nSPS) is 9.90. The molecule has 0 saturated heterocycles. The molecular weight excluding hydrogens is 262 g/mol. The summed E-state index contributed by atoms with van der Waals surface area (Å²) in [6, 6.07) is 5.11. The van der Waals surface area contributed by atoms with Gasteiger partial charge in [-0.1, -0.05) is 0 Å². The lowest BCUT2D eigenvalue weighted by Crippen LogP contribution is -1.80. The molecule has 0 unspecified atom stereocenters. The molecule has 0 N–H and O–H groups in total. The lowest BCUT2D eigenvalue weighted by atomic mass is 10.3. The van der Waals surface area contributed by atoms with E-state index in [2.05, 4.69) is 0 Å². The fraction of sp³-hybridized carbons (Fsp3) is 0.143. The van der Waals surface area contributed by atoms with E-state index in [1.165, 1.54) is 6.07 Å². The van der Waals surface area contributed by atoms with E-state index in [1.54, 1.807) is 17.8 Å². The molecule has 1 rings (SSSR count). The van der Waals surface area contributed by atoms with Gasteiger partial charge in [-0.25, -0.2) is 4.39 Å². The van der Waals surface area contributed by atoms with Gasteiger partial charge in [-0.2, -0.15) is 0 Å². The number of halogens is 2. The van der Waals surface area contributed by atoms with Gasteiger partial charge in [0.2, 0.25) is 0 Å². The van der Waals surface area contributed by atoms with E-state index in [1.807, 2.05) is 34.9 Å². The van der Waals surface area contributed by atoms with Gasteiger partial charge < -0.3 is 0 Å². The second-order valence-electron chi connectivity index (χ2n) is 1.78. The molecular formula is C7H6FIS. The minimum absolute atomic E-state index is 0.140. The first kappa shape index (κ1) is 8.33. The Morgan fingerprint density at radius 3 is 2.70 bits per heavy atom. The summed E-state index contributed by atoms with van der Waals surface area (Å²) >= 11 is 3.61. The van der Waals surface area contributed by atoms with Gasteiger partial charge in [0.05, 0.1) is 0 Å². The van der Waals surface area contributed by atoms with Crippen LogP contribution in [-0.2, 0) is 0 Å². The Morgan fingerprint density at radius 1 is 1.50 bits per heavy atom. The van der Waals surface area contributed by atoms with Crippen LogP contribution in [0.25, 0.3) is 0 Å². The molecule has 0 amide bonds. The third kappa shape index (κ3) is 1.85. The Labute approximate surface area is 77.3 Å². The number of hydrogen-bond acceptors (Lipinski definition) is 1. The molecule has 0 bridgehead atoms. The van der Waals surface area contributed by atoms with Crippen molar-refractivity contribution in [3.8, 4) is 0 Å². The van der Waals surface area contributed by atoms with E-state index in [9.17, 15) is 4.39 Å². The van der Waals surface area contributed by atoms with Gasteiger partial charge >= 0.3 is 0 Å². The topological polar surface area (TPSA) is 0 Å². The predicted molar refractivity (Wildman–Crippen MR) is 50.9 cm³/mol. The first-order chi connectivity index (χ1) is 4.74. The number of rotatable bonds is 1. The molecule has 1 aromatic carbocycles. The minimum atomic E-state index is -0.140. The lowest BCUT2D eigenvalue weighted by molar-refractivity contribution is 0.619. The summed E-state index contributed by atoms with van der Waals surface area (Å²) in [5, 5.41) is 0. The molecule has 1 aromatic rings. The van der Waals surface area contributed by atoms with E-state index in [4.69, 9.17) is 0 Å². The average Bonchev–Trinajstić information content (AvgIpc) is 1.95. The molecule has 0 radical (unpaired) electrons. The minimum Gasteiger partial charge on any atom is -0.206 e. The summed E-state index contributed by atoms with van der Waals surface area (Å²) < 4.78 is 13.3. The van der Waals surface area contributed by atoms with Crippen molar-refractivity contribution in [3.05, 3.63) is 27.6 Å². The summed E-state index contributed by atoms with van der Waals surface area (Å²) in [5.41, 5.74) is 0. The van der Waals surface area contributed by atoms with Crippen molar-refractivity contribution in [2.75, 3.05) is 6.26 Å². The largest absolute Gasteiger partial charge is 0.206 e. The molecule has 0 spiro atoms. The summed E-state index contributed by atoms with van der Waals surface area (Å²) in [4.78, 5) is 1.10. The lowest BCUT2D eigenvalue weighted by Gasteiger charge is -1.96. The van der Waals surface area contributed by atoms with Gasteiger partial charge in [-0.05, 0) is 47.0 Å². The van der Waals surface area contributed by atoms with E-state index in [0.29, 0.717) is 3.57 Å². The van der Waals surface area contributed by atoms with Crippen molar-refractivity contribution in [2.45, 2.75) is 4.90 Å². The van der Waals surface area contributed by atoms with Crippen LogP contribution in [0.15, 0.2) is 23.1 Å². The van der Waals surface area contributed by atoms with E-state index in [0.717, 1.165) is 4.90 Å². The average molecular weight is 268 g/mol. The standard InChI is InChI=1S/C7H6FIS/c1-10-5-2-3-6(8)7(9)4-5/h2-4H,1H3. The van der Waals surface area contributed by atoms with Gasteiger partial charge in [-0.15, -0.1) is 11.8 Å². The fourth-order valence-electron chi connectivity index (χ4n) is 0.604. The first-order valence-corrected chi connectivity index (χ1v) is 5.03. The zero-order valence-corrected chi connectivity index (χ0v) is 8.37. The van der Waals surface area contributed by atoms with Crippen LogP contribution in [0.5, 0.6) is 0 Å². The Kier molecular flexibility index (Phi) is 2.97. The molecule has 0 aliphatic rings. The molecule has 0 nitrogen and oxygen atoms in total. The Balaban J connectivity index is 3.04. The molecule has 0 aromatic heterocycles. The van der Waals surface area contributed by atoms with Crippen LogP contribution in [0, 0.1) is 9.39 Å². The Morgan fingerprint density at radius 2 is 2.20 bits per heavy atom. The zero-order valence-electron chi connectivity index (χ0n) is 5.40. The third-order valence-corrected chi connectivity index (χ3v) is 2.68. The zero-order chi connectivity index (χ0) is 7.56. The smallest absolute Gasteiger partial charge is 0.136 e. The molecule has 0 fully saturated rings. The quantitative estimate of drug-likeness (QED) is 0.557. The predicted octanol–water partition coefficient (Wildman–Crippen LogP) is 3.15. The number of benzene rings is 1. The van der Waals surface area contributed by atoms with Crippen LogP contribution in [0.2, 0.25) is 0 Å². The molecule has 0 heterocycles. The molecule has 0 saturated carbocycles. The highest BCUT2D eigenvalue weighted by Gasteiger charge is 1.97. The summed E-state index contributed by atoms with van der Waals surface area (Å²) in [5.74, 6) is -0.140. The first-order valence-electron chi connectivity index (χ1n) is 2.73. The van der Waals surface area contributed by atoms with Gasteiger partial charge in [-0.3, -0.25) is 0 Å². The molecule has 0 aliphatic carbocycles. The van der Waals surface area contributed by atoms with E-state index < -0.39 is 0 Å². The SMILES string of the molecule is CSc1ccc(F)c(I)c1. The fourth-order valence-corrected chi connectivity index (χ4v) is 1.77. The van der Waals surface area contributed by atoms with E-state index >= 15 is 0 Å². The van der Waals surface area contributed by atoms with Gasteiger partial charge in [0.1, 0.15) is 5.82 Å². The van der Waals surface area contributed by atoms with E-state index in [-0.39, 0.29) is 5.82 Å².